The van der Waals surface area contributed by atoms with Crippen LogP contribution in [0.2, 0.25) is 0 Å². The van der Waals surface area contributed by atoms with E-state index in [1.165, 1.54) is 193 Å². The molecule has 6 N–H and O–H groups in total. The number of rotatable bonds is 54. The Balaban J connectivity index is -0.00000115. The lowest BCUT2D eigenvalue weighted by atomic mass is 10.0. The van der Waals surface area contributed by atoms with Crippen LogP contribution in [0.25, 0.3) is 0 Å². The van der Waals surface area contributed by atoms with Crippen LogP contribution in [0, 0.1) is 0 Å². The zero-order valence-corrected chi connectivity index (χ0v) is 46.6. The molecule has 0 aliphatic rings. The second-order valence-electron chi connectivity index (χ2n) is 20.7. The fraction of sp³-hybridized carbons (Fsp3) is 1.00. The Morgan fingerprint density at radius 1 is 0.246 bits per heavy atom. The van der Waals surface area contributed by atoms with Gasteiger partial charge in [-0.05, 0) is 103 Å². The van der Waals surface area contributed by atoms with Crippen LogP contribution in [0.4, 0.5) is 0 Å². The van der Waals surface area contributed by atoms with E-state index in [-0.39, 0.29) is 39.6 Å². The van der Waals surface area contributed by atoms with Crippen molar-refractivity contribution >= 4 is 10.4 Å². The molecule has 0 aromatic heterocycles. The Labute approximate surface area is 428 Å². The van der Waals surface area contributed by atoms with Crippen molar-refractivity contribution in [1.29, 1.82) is 0 Å². The van der Waals surface area contributed by atoms with E-state index >= 15 is 0 Å². The predicted molar refractivity (Wildman–Crippen MR) is 288 cm³/mol. The zero-order valence-electron chi connectivity index (χ0n) is 45.8. The van der Waals surface area contributed by atoms with Crippen molar-refractivity contribution in [1.82, 2.24) is 0 Å². The van der Waals surface area contributed by atoms with E-state index in [1.54, 1.807) is 0 Å². The maximum atomic E-state index is 9.23. The molecule has 69 heavy (non-hydrogen) atoms. The largest absolute Gasteiger partial charge is 0.759 e. The summed E-state index contributed by atoms with van der Waals surface area (Å²) in [5.74, 6) is 0. The van der Waals surface area contributed by atoms with Crippen LogP contribution in [0.5, 0.6) is 0 Å². The first-order chi connectivity index (χ1) is 33.5. The van der Waals surface area contributed by atoms with Crippen LogP contribution < -0.4 is 0 Å². The van der Waals surface area contributed by atoms with Gasteiger partial charge in [0.25, 0.3) is 0 Å². The standard InChI is InChI=1S/2C28H60NO3.H2O4S/c2*1-2-3-4-5-6-7-8-9-10-11-12-13-14-15-22-29(23-16-19-26-30,24-17-20-27-31)25-18-21-28-32;1-5(2,3)4/h2*30-32H,2-28H2,1H3;(H2,1,2,3,4)/q2*+1;/p-2. The summed E-state index contributed by atoms with van der Waals surface area (Å²) in [5, 5.41) is 55.4. The van der Waals surface area contributed by atoms with Crippen molar-refractivity contribution in [2.24, 2.45) is 0 Å². The van der Waals surface area contributed by atoms with Gasteiger partial charge >= 0.3 is 0 Å². The lowest BCUT2D eigenvalue weighted by molar-refractivity contribution is -0.929. The summed E-state index contributed by atoms with van der Waals surface area (Å²) in [6.45, 7) is 15.5. The first kappa shape index (κ1) is 72.8. The Hall–Kier alpha value is -0.450. The molecule has 0 spiro atoms. The lowest BCUT2D eigenvalue weighted by Gasteiger charge is -2.39. The molecular weight excluding hydrogens is 893 g/mol. The number of unbranched alkanes of at least 4 members (excludes halogenated alkanes) is 32. The average Bonchev–Trinajstić information content (AvgIpc) is 3.32. The van der Waals surface area contributed by atoms with Crippen LogP contribution >= 0.6 is 0 Å². The van der Waals surface area contributed by atoms with Crippen LogP contribution in [0.1, 0.15) is 271 Å². The fourth-order valence-electron chi connectivity index (χ4n) is 9.98. The molecule has 0 amide bonds. The van der Waals surface area contributed by atoms with Crippen molar-refractivity contribution < 1.29 is 57.1 Å². The number of aliphatic hydroxyl groups excluding tert-OH is 6. The molecule has 0 rings (SSSR count). The summed E-state index contributed by atoms with van der Waals surface area (Å²) in [5.41, 5.74) is 0. The van der Waals surface area contributed by atoms with Crippen LogP contribution in [-0.4, -0.2) is 149 Å². The average molecular weight is 1010 g/mol. The van der Waals surface area contributed by atoms with E-state index in [9.17, 15) is 30.6 Å². The molecule has 0 radical (unpaired) electrons. The Kier molecular flexibility index (Phi) is 61.7. The number of nitrogens with zero attached hydrogens (tertiary/aromatic N) is 2. The number of hydrogen-bond donors (Lipinski definition) is 6. The quantitative estimate of drug-likeness (QED) is 0.0147. The predicted octanol–water partition coefficient (Wildman–Crippen LogP) is 11.9. The molecule has 0 saturated carbocycles. The number of aliphatic hydroxyl groups is 6. The van der Waals surface area contributed by atoms with Crippen molar-refractivity contribution in [3.63, 3.8) is 0 Å². The molecule has 0 aromatic rings. The van der Waals surface area contributed by atoms with Gasteiger partial charge in [-0.2, -0.15) is 0 Å². The Morgan fingerprint density at radius 2 is 0.362 bits per heavy atom. The lowest BCUT2D eigenvalue weighted by Crippen LogP contribution is -2.51. The second-order valence-corrected chi connectivity index (χ2v) is 21.5. The van der Waals surface area contributed by atoms with Gasteiger partial charge in [0.2, 0.25) is 0 Å². The van der Waals surface area contributed by atoms with E-state index in [1.807, 2.05) is 0 Å². The zero-order chi connectivity index (χ0) is 51.7. The molecule has 12 nitrogen and oxygen atoms in total. The Bertz CT molecular complexity index is 931. The molecule has 0 atom stereocenters. The minimum absolute atomic E-state index is 0.284. The highest BCUT2D eigenvalue weighted by molar-refractivity contribution is 7.79. The molecule has 0 bridgehead atoms. The van der Waals surface area contributed by atoms with Crippen LogP contribution in [-0.2, 0) is 10.4 Å². The normalized spacial score (nSPS) is 12.0. The molecule has 0 heterocycles. The van der Waals surface area contributed by atoms with Gasteiger partial charge in [-0.3, -0.25) is 8.42 Å². The summed E-state index contributed by atoms with van der Waals surface area (Å²) >= 11 is 0. The SMILES string of the molecule is CCCCCCCCCCCCCCCC[N+](CCCCO)(CCCCO)CCCCO.CCCCCCCCCCCCCCCC[N+](CCCCO)(CCCCO)CCCCO.O=S(=O)([O-])[O-]. The van der Waals surface area contributed by atoms with Crippen LogP contribution in [0.3, 0.4) is 0 Å². The monoisotopic (exact) mass is 1010 g/mol. The first-order valence-electron chi connectivity index (χ1n) is 29.5. The van der Waals surface area contributed by atoms with Gasteiger partial charge in [-0.25, -0.2) is 0 Å². The van der Waals surface area contributed by atoms with Crippen molar-refractivity contribution in [3.05, 3.63) is 0 Å². The third-order valence-corrected chi connectivity index (χ3v) is 14.2. The molecule has 420 valence electrons. The minimum atomic E-state index is -5.17. The van der Waals surface area contributed by atoms with Gasteiger partial charge in [-0.1, -0.05) is 168 Å². The maximum Gasteiger partial charge on any atom is 0.0787 e. The smallest absolute Gasteiger partial charge is 0.0787 e. The van der Waals surface area contributed by atoms with E-state index in [0.29, 0.717) is 0 Å². The van der Waals surface area contributed by atoms with Gasteiger partial charge in [-0.15, -0.1) is 0 Å². The molecule has 0 saturated heterocycles. The molecule has 0 aromatic carbocycles. The molecular formula is C56H120N2O10S. The summed E-state index contributed by atoms with van der Waals surface area (Å²) in [4.78, 5) is 0. The Morgan fingerprint density at radius 3 is 0.493 bits per heavy atom. The molecule has 0 aliphatic heterocycles. The van der Waals surface area contributed by atoms with E-state index in [4.69, 9.17) is 17.5 Å². The third kappa shape index (κ3) is 60.0. The summed E-state index contributed by atoms with van der Waals surface area (Å²) in [6, 6.07) is 0. The highest BCUT2D eigenvalue weighted by atomic mass is 32.3. The highest BCUT2D eigenvalue weighted by Crippen LogP contribution is 2.21. The van der Waals surface area contributed by atoms with Gasteiger partial charge in [0, 0.05) is 50.0 Å². The maximum absolute atomic E-state index is 9.23. The molecule has 0 unspecified atom stereocenters. The molecule has 0 aliphatic carbocycles. The van der Waals surface area contributed by atoms with E-state index in [2.05, 4.69) is 13.8 Å². The van der Waals surface area contributed by atoms with Crippen molar-refractivity contribution in [2.75, 3.05) is 92.0 Å². The van der Waals surface area contributed by atoms with Gasteiger partial charge in [0.05, 0.1) is 52.4 Å². The topological polar surface area (TPSA) is 202 Å². The van der Waals surface area contributed by atoms with Gasteiger partial charge < -0.3 is 48.7 Å². The fourth-order valence-corrected chi connectivity index (χ4v) is 9.98. The summed E-state index contributed by atoms with van der Waals surface area (Å²) < 4.78 is 36.3. The van der Waals surface area contributed by atoms with Crippen molar-refractivity contribution in [2.45, 2.75) is 271 Å². The summed E-state index contributed by atoms with van der Waals surface area (Å²) in [7, 11) is -5.17. The third-order valence-electron chi connectivity index (χ3n) is 14.2. The van der Waals surface area contributed by atoms with Crippen molar-refractivity contribution in [3.8, 4) is 0 Å². The number of quaternary nitrogens is 2. The summed E-state index contributed by atoms with van der Waals surface area (Å²) in [6.07, 6.45) is 50.9. The van der Waals surface area contributed by atoms with Crippen LogP contribution in [0.15, 0.2) is 0 Å². The van der Waals surface area contributed by atoms with Gasteiger partial charge in [0.15, 0.2) is 0 Å². The second kappa shape index (κ2) is 58.4. The highest BCUT2D eigenvalue weighted by Gasteiger charge is 2.27. The minimum Gasteiger partial charge on any atom is -0.759 e. The molecule has 13 heteroatoms. The van der Waals surface area contributed by atoms with E-state index < -0.39 is 10.4 Å². The first-order valence-corrected chi connectivity index (χ1v) is 30.8. The van der Waals surface area contributed by atoms with E-state index in [0.717, 1.165) is 125 Å². The number of hydrogen-bond acceptors (Lipinski definition) is 10. The molecule has 0 fully saturated rings. The van der Waals surface area contributed by atoms with Gasteiger partial charge in [0.1, 0.15) is 0 Å².